The number of unbranched alkanes of at least 4 members (excludes halogenated alkanes) is 3. The summed E-state index contributed by atoms with van der Waals surface area (Å²) in [5.41, 5.74) is 0. The molecule has 0 fully saturated rings. The Bertz CT molecular complexity index is 160. The molecule has 0 aliphatic heterocycles. The summed E-state index contributed by atoms with van der Waals surface area (Å²) in [5.74, 6) is 2.70. The molecule has 0 unspecified atom stereocenters. The second kappa shape index (κ2) is 11.6. The Morgan fingerprint density at radius 2 is 1.87 bits per heavy atom. The molecule has 15 heavy (non-hydrogen) atoms. The van der Waals surface area contributed by atoms with E-state index in [1.54, 1.807) is 0 Å². The van der Waals surface area contributed by atoms with Gasteiger partial charge in [0.15, 0.2) is 0 Å². The third kappa shape index (κ3) is 9.78. The van der Waals surface area contributed by atoms with Gasteiger partial charge in [-0.15, -0.1) is 6.42 Å². The van der Waals surface area contributed by atoms with Crippen molar-refractivity contribution < 1.29 is 0 Å². The van der Waals surface area contributed by atoms with E-state index in [4.69, 9.17) is 6.42 Å². The molecule has 0 bridgehead atoms. The molecular formula is C13H26N2. The van der Waals surface area contributed by atoms with Crippen LogP contribution in [0.3, 0.4) is 0 Å². The van der Waals surface area contributed by atoms with Crippen molar-refractivity contribution in [3.05, 3.63) is 0 Å². The molecule has 88 valence electrons. The van der Waals surface area contributed by atoms with Crippen LogP contribution in [-0.4, -0.2) is 37.6 Å². The highest BCUT2D eigenvalue weighted by atomic mass is 15.1. The average Bonchev–Trinajstić information content (AvgIpc) is 2.26. The van der Waals surface area contributed by atoms with Gasteiger partial charge in [0.05, 0.1) is 6.54 Å². The van der Waals surface area contributed by atoms with E-state index in [0.29, 0.717) is 0 Å². The lowest BCUT2D eigenvalue weighted by Gasteiger charge is -2.16. The van der Waals surface area contributed by atoms with Gasteiger partial charge >= 0.3 is 0 Å². The molecule has 0 heterocycles. The normalized spacial score (nSPS) is 10.5. The Kier molecular flexibility index (Phi) is 11.2. The van der Waals surface area contributed by atoms with E-state index in [-0.39, 0.29) is 0 Å². The van der Waals surface area contributed by atoms with Crippen molar-refractivity contribution in [1.29, 1.82) is 0 Å². The molecule has 0 aromatic heterocycles. The van der Waals surface area contributed by atoms with Gasteiger partial charge < -0.3 is 5.32 Å². The first kappa shape index (κ1) is 14.5. The van der Waals surface area contributed by atoms with Crippen molar-refractivity contribution in [2.24, 2.45) is 0 Å². The fraction of sp³-hybridized carbons (Fsp3) is 0.846. The zero-order valence-corrected chi connectivity index (χ0v) is 10.4. The number of terminal acetylenes is 1. The molecular weight excluding hydrogens is 184 g/mol. The lowest BCUT2D eigenvalue weighted by atomic mass is 10.2. The predicted molar refractivity (Wildman–Crippen MR) is 68.0 cm³/mol. The number of nitrogens with zero attached hydrogens (tertiary/aromatic N) is 1. The van der Waals surface area contributed by atoms with Gasteiger partial charge in [-0.2, -0.15) is 0 Å². The van der Waals surface area contributed by atoms with Gasteiger partial charge in [0, 0.05) is 0 Å². The first-order chi connectivity index (χ1) is 7.35. The van der Waals surface area contributed by atoms with Crippen molar-refractivity contribution in [1.82, 2.24) is 10.2 Å². The third-order valence-corrected chi connectivity index (χ3v) is 2.59. The molecule has 0 amide bonds. The fourth-order valence-electron chi connectivity index (χ4n) is 1.59. The Morgan fingerprint density at radius 1 is 1.13 bits per heavy atom. The Morgan fingerprint density at radius 3 is 2.47 bits per heavy atom. The Labute approximate surface area is 95.4 Å². The molecule has 0 aromatic rings. The van der Waals surface area contributed by atoms with Gasteiger partial charge in [0.1, 0.15) is 0 Å². The summed E-state index contributed by atoms with van der Waals surface area (Å²) in [6.07, 6.45) is 10.5. The lowest BCUT2D eigenvalue weighted by Crippen LogP contribution is -2.24. The van der Waals surface area contributed by atoms with Crippen LogP contribution in [-0.2, 0) is 0 Å². The predicted octanol–water partition coefficient (Wildman–Crippen LogP) is 2.11. The third-order valence-electron chi connectivity index (χ3n) is 2.59. The molecule has 0 aliphatic carbocycles. The van der Waals surface area contributed by atoms with Crippen LogP contribution in [0.5, 0.6) is 0 Å². The van der Waals surface area contributed by atoms with Crippen LogP contribution in [0.25, 0.3) is 0 Å². The SMILES string of the molecule is C#CCN(CC)CCCCCCNCC. The fourth-order valence-corrected chi connectivity index (χ4v) is 1.59. The maximum Gasteiger partial charge on any atom is 0.0598 e. The maximum atomic E-state index is 5.29. The van der Waals surface area contributed by atoms with Crippen LogP contribution in [0.2, 0.25) is 0 Å². The summed E-state index contributed by atoms with van der Waals surface area (Å²) in [6.45, 7) is 9.60. The Balaban J connectivity index is 3.18. The highest BCUT2D eigenvalue weighted by Gasteiger charge is 1.98. The zero-order valence-electron chi connectivity index (χ0n) is 10.4. The minimum Gasteiger partial charge on any atom is -0.317 e. The molecule has 0 aliphatic rings. The van der Waals surface area contributed by atoms with E-state index in [1.165, 1.54) is 32.2 Å². The first-order valence-electron chi connectivity index (χ1n) is 6.21. The molecule has 0 aromatic carbocycles. The van der Waals surface area contributed by atoms with E-state index in [0.717, 1.165) is 26.2 Å². The van der Waals surface area contributed by atoms with E-state index in [1.807, 2.05) is 0 Å². The summed E-state index contributed by atoms with van der Waals surface area (Å²) in [6, 6.07) is 0. The summed E-state index contributed by atoms with van der Waals surface area (Å²) in [7, 11) is 0. The first-order valence-corrected chi connectivity index (χ1v) is 6.21. The van der Waals surface area contributed by atoms with Crippen molar-refractivity contribution in [2.45, 2.75) is 39.5 Å². The topological polar surface area (TPSA) is 15.3 Å². The van der Waals surface area contributed by atoms with Crippen LogP contribution < -0.4 is 5.32 Å². The van der Waals surface area contributed by atoms with Crippen LogP contribution >= 0.6 is 0 Å². The molecule has 0 rings (SSSR count). The molecule has 0 spiro atoms. The van der Waals surface area contributed by atoms with Crippen LogP contribution in [0, 0.1) is 12.3 Å². The van der Waals surface area contributed by atoms with Crippen molar-refractivity contribution in [3.63, 3.8) is 0 Å². The number of nitrogens with one attached hydrogen (secondary N) is 1. The van der Waals surface area contributed by atoms with Crippen LogP contribution in [0.4, 0.5) is 0 Å². The largest absolute Gasteiger partial charge is 0.317 e. The van der Waals surface area contributed by atoms with Gasteiger partial charge in [-0.05, 0) is 39.0 Å². The quantitative estimate of drug-likeness (QED) is 0.439. The van der Waals surface area contributed by atoms with Gasteiger partial charge in [-0.25, -0.2) is 0 Å². The zero-order chi connectivity index (χ0) is 11.4. The summed E-state index contributed by atoms with van der Waals surface area (Å²) in [4.78, 5) is 2.32. The van der Waals surface area contributed by atoms with E-state index in [2.05, 4.69) is 30.0 Å². The standard InChI is InChI=1S/C13H26N2/c1-4-12-15(6-3)13-10-8-7-9-11-14-5-2/h1,14H,5-13H2,2-3H3. The van der Waals surface area contributed by atoms with Gasteiger partial charge in [-0.3, -0.25) is 4.90 Å². The van der Waals surface area contributed by atoms with Gasteiger partial charge in [0.25, 0.3) is 0 Å². The van der Waals surface area contributed by atoms with Crippen LogP contribution in [0.1, 0.15) is 39.5 Å². The summed E-state index contributed by atoms with van der Waals surface area (Å²) < 4.78 is 0. The van der Waals surface area contributed by atoms with Crippen molar-refractivity contribution in [2.75, 3.05) is 32.7 Å². The molecule has 2 heteroatoms. The molecule has 0 saturated carbocycles. The van der Waals surface area contributed by atoms with Crippen LogP contribution in [0.15, 0.2) is 0 Å². The number of hydrogen-bond donors (Lipinski definition) is 1. The average molecular weight is 210 g/mol. The van der Waals surface area contributed by atoms with E-state index in [9.17, 15) is 0 Å². The molecule has 0 saturated heterocycles. The summed E-state index contributed by atoms with van der Waals surface area (Å²) in [5, 5.41) is 3.34. The van der Waals surface area contributed by atoms with Gasteiger partial charge in [0.2, 0.25) is 0 Å². The molecule has 0 atom stereocenters. The smallest absolute Gasteiger partial charge is 0.0598 e. The minimum atomic E-state index is 0.799. The van der Waals surface area contributed by atoms with Crippen molar-refractivity contribution >= 4 is 0 Å². The highest BCUT2D eigenvalue weighted by molar-refractivity contribution is 4.87. The van der Waals surface area contributed by atoms with Gasteiger partial charge in [-0.1, -0.05) is 32.6 Å². The van der Waals surface area contributed by atoms with E-state index >= 15 is 0 Å². The number of hydrogen-bond acceptors (Lipinski definition) is 2. The number of rotatable bonds is 10. The summed E-state index contributed by atoms with van der Waals surface area (Å²) >= 11 is 0. The molecule has 2 nitrogen and oxygen atoms in total. The Hall–Kier alpha value is -0.520. The molecule has 0 radical (unpaired) electrons. The maximum absolute atomic E-state index is 5.29. The van der Waals surface area contributed by atoms with E-state index < -0.39 is 0 Å². The molecule has 1 N–H and O–H groups in total. The monoisotopic (exact) mass is 210 g/mol. The minimum absolute atomic E-state index is 0.799. The second-order valence-corrected chi connectivity index (χ2v) is 3.84. The lowest BCUT2D eigenvalue weighted by molar-refractivity contribution is 0.314. The second-order valence-electron chi connectivity index (χ2n) is 3.84. The van der Waals surface area contributed by atoms with Crippen molar-refractivity contribution in [3.8, 4) is 12.3 Å². The highest BCUT2D eigenvalue weighted by Crippen LogP contribution is 2.01.